The lowest BCUT2D eigenvalue weighted by Gasteiger charge is -2.42. The molecule has 7 nitrogen and oxygen atoms in total. The summed E-state index contributed by atoms with van der Waals surface area (Å²) < 4.78 is 11.8. The van der Waals surface area contributed by atoms with Crippen LogP contribution in [0.3, 0.4) is 0 Å². The molecular formula is C25H33NO6. The molecule has 6 atom stereocenters. The first kappa shape index (κ1) is 23.1. The van der Waals surface area contributed by atoms with Gasteiger partial charge in [-0.3, -0.25) is 0 Å². The zero-order valence-electron chi connectivity index (χ0n) is 18.2. The number of nitrogens with two attached hydrogens (primary N) is 1. The first-order chi connectivity index (χ1) is 15.5. The minimum atomic E-state index is -1.41. The fourth-order valence-electron chi connectivity index (χ4n) is 4.82. The Morgan fingerprint density at radius 1 is 1.00 bits per heavy atom. The quantitative estimate of drug-likeness (QED) is 0.416. The number of benzene rings is 1. The molecule has 32 heavy (non-hydrogen) atoms. The van der Waals surface area contributed by atoms with E-state index >= 15 is 0 Å². The first-order valence-electron chi connectivity index (χ1n) is 11.5. The minimum absolute atomic E-state index is 0.306. The summed E-state index contributed by atoms with van der Waals surface area (Å²) in [6, 6.07) is 8.04. The molecule has 3 aliphatic rings. The van der Waals surface area contributed by atoms with Crippen LogP contribution in [0.4, 0.5) is 0 Å². The first-order valence-corrected chi connectivity index (χ1v) is 11.5. The molecule has 6 N–H and O–H groups in total. The van der Waals surface area contributed by atoms with E-state index in [0.717, 1.165) is 29.7 Å². The molecule has 0 aromatic heterocycles. The fraction of sp³-hybridized carbons (Fsp3) is 0.600. The normalized spacial score (nSPS) is 33.5. The number of hydrogen-bond acceptors (Lipinski definition) is 7. The molecule has 1 aromatic carbocycles. The molecule has 1 aliphatic heterocycles. The summed E-state index contributed by atoms with van der Waals surface area (Å²) in [6.45, 7) is -0.457. The molecule has 2 unspecified atom stereocenters. The van der Waals surface area contributed by atoms with Crippen molar-refractivity contribution >= 4 is 0 Å². The second kappa shape index (κ2) is 10.2. The van der Waals surface area contributed by atoms with E-state index in [1.54, 1.807) is 0 Å². The molecule has 2 fully saturated rings. The number of allylic oxidation sites excluding steroid dienone is 2. The number of aliphatic hydroxyl groups is 4. The lowest BCUT2D eigenvalue weighted by molar-refractivity contribution is -0.236. The van der Waals surface area contributed by atoms with E-state index in [1.807, 2.05) is 24.3 Å². The molecule has 1 heterocycles. The molecule has 1 aromatic rings. The van der Waals surface area contributed by atoms with Gasteiger partial charge in [-0.2, -0.15) is 0 Å². The molecule has 4 rings (SSSR count). The van der Waals surface area contributed by atoms with Gasteiger partial charge >= 0.3 is 0 Å². The van der Waals surface area contributed by atoms with Crippen LogP contribution in [0.1, 0.15) is 44.1 Å². The molecule has 0 bridgehead atoms. The number of rotatable bonds is 6. The van der Waals surface area contributed by atoms with Crippen LogP contribution in [0.5, 0.6) is 5.75 Å². The summed E-state index contributed by atoms with van der Waals surface area (Å²) in [5.74, 6) is 6.41. The number of hydrogen-bond donors (Lipinski definition) is 5. The summed E-state index contributed by atoms with van der Waals surface area (Å²) >= 11 is 0. The highest BCUT2D eigenvalue weighted by Crippen LogP contribution is 2.32. The average Bonchev–Trinajstić information content (AvgIpc) is 2.81. The van der Waals surface area contributed by atoms with Gasteiger partial charge in [-0.15, -0.1) is 0 Å². The van der Waals surface area contributed by atoms with Crippen LogP contribution >= 0.6 is 0 Å². The van der Waals surface area contributed by atoms with Crippen LogP contribution < -0.4 is 10.5 Å². The Bertz CT molecular complexity index is 865. The van der Waals surface area contributed by atoms with Gasteiger partial charge in [0.15, 0.2) is 0 Å². The van der Waals surface area contributed by atoms with Crippen molar-refractivity contribution < 1.29 is 29.9 Å². The van der Waals surface area contributed by atoms with Crippen LogP contribution in [0, 0.1) is 17.8 Å². The zero-order valence-corrected chi connectivity index (χ0v) is 18.2. The van der Waals surface area contributed by atoms with Gasteiger partial charge in [0, 0.05) is 0 Å². The summed E-state index contributed by atoms with van der Waals surface area (Å²) in [5, 5.41) is 40.0. The Kier molecular flexibility index (Phi) is 7.39. The molecule has 7 heteroatoms. The van der Waals surface area contributed by atoms with E-state index in [-0.39, 0.29) is 0 Å². The molecule has 0 amide bonds. The van der Waals surface area contributed by atoms with Crippen LogP contribution in [0.2, 0.25) is 0 Å². The highest BCUT2D eigenvalue weighted by molar-refractivity contribution is 5.40. The molecule has 174 valence electrons. The van der Waals surface area contributed by atoms with Crippen molar-refractivity contribution in [2.45, 2.75) is 81.6 Å². The van der Waals surface area contributed by atoms with Crippen LogP contribution in [0.15, 0.2) is 35.5 Å². The van der Waals surface area contributed by atoms with Gasteiger partial charge in [0.05, 0.1) is 24.3 Å². The Morgan fingerprint density at radius 2 is 1.72 bits per heavy atom. The fourth-order valence-corrected chi connectivity index (χ4v) is 4.82. The standard InChI is InChI=1S/C25H33NO6/c26-20-11-8-16(25-24(30)23(29)22(28)21(14-27)32-25)13-17(20)12-15-6-9-19(10-7-15)31-18-4-2-1-3-5-18/h6-7,9-10,16,18,21-25,27-30H,1-5,12-14,26H2/t16?,21-,22+,23-,24+,25?/m0/s1. The monoisotopic (exact) mass is 443 g/mol. The summed E-state index contributed by atoms with van der Waals surface area (Å²) in [6.07, 6.45) is 1.52. The highest BCUT2D eigenvalue weighted by atomic mass is 16.5. The van der Waals surface area contributed by atoms with Gasteiger partial charge in [0.2, 0.25) is 0 Å². The molecule has 1 saturated heterocycles. The third kappa shape index (κ3) is 5.11. The van der Waals surface area contributed by atoms with Crippen molar-refractivity contribution in [3.05, 3.63) is 41.1 Å². The van der Waals surface area contributed by atoms with Crippen molar-refractivity contribution in [1.82, 2.24) is 0 Å². The maximum absolute atomic E-state index is 10.4. The van der Waals surface area contributed by atoms with Gasteiger partial charge in [0.25, 0.3) is 0 Å². The van der Waals surface area contributed by atoms with Gasteiger partial charge in [-0.25, -0.2) is 0 Å². The third-order valence-corrected chi connectivity index (χ3v) is 6.76. The van der Waals surface area contributed by atoms with Gasteiger partial charge in [-0.05, 0) is 67.7 Å². The van der Waals surface area contributed by atoms with Crippen molar-refractivity contribution in [1.29, 1.82) is 0 Å². The molecule has 2 aliphatic carbocycles. The lowest BCUT2D eigenvalue weighted by atomic mass is 9.81. The molecule has 0 radical (unpaired) electrons. The van der Waals surface area contributed by atoms with Crippen molar-refractivity contribution in [3.63, 3.8) is 0 Å². The van der Waals surface area contributed by atoms with E-state index in [9.17, 15) is 20.4 Å². The van der Waals surface area contributed by atoms with Gasteiger partial charge in [0.1, 0.15) is 36.3 Å². The van der Waals surface area contributed by atoms with Crippen LogP contribution in [-0.4, -0.2) is 63.7 Å². The molecular weight excluding hydrogens is 410 g/mol. The Balaban J connectivity index is 1.39. The maximum Gasteiger partial charge on any atom is 0.119 e. The predicted octanol–water partition coefficient (Wildman–Crippen LogP) is 1.02. The second-order valence-electron chi connectivity index (χ2n) is 9.09. The zero-order chi connectivity index (χ0) is 22.7. The summed E-state index contributed by atoms with van der Waals surface area (Å²) in [4.78, 5) is 0. The van der Waals surface area contributed by atoms with Gasteiger partial charge < -0.3 is 35.6 Å². The van der Waals surface area contributed by atoms with Crippen molar-refractivity contribution in [3.8, 4) is 17.6 Å². The SMILES string of the molecule is NC1=C(Cc2ccc(OC3CCCCC3)cc2)CC(C2O[C@@H](CO)[C@@H](O)[C@H](O)[C@H]2O)C#C1. The van der Waals surface area contributed by atoms with E-state index in [0.29, 0.717) is 24.6 Å². The number of aliphatic hydroxyl groups excluding tert-OH is 4. The van der Waals surface area contributed by atoms with Crippen LogP contribution in [0.25, 0.3) is 0 Å². The van der Waals surface area contributed by atoms with Gasteiger partial charge in [-0.1, -0.05) is 24.5 Å². The van der Waals surface area contributed by atoms with E-state index < -0.39 is 43.0 Å². The molecule has 1 saturated carbocycles. The smallest absolute Gasteiger partial charge is 0.119 e. The minimum Gasteiger partial charge on any atom is -0.490 e. The van der Waals surface area contributed by atoms with E-state index in [4.69, 9.17) is 15.2 Å². The summed E-state index contributed by atoms with van der Waals surface area (Å²) in [5.41, 5.74) is 8.68. The van der Waals surface area contributed by atoms with E-state index in [1.165, 1.54) is 19.3 Å². The Morgan fingerprint density at radius 3 is 2.41 bits per heavy atom. The maximum atomic E-state index is 10.4. The van der Waals surface area contributed by atoms with Crippen LogP contribution in [-0.2, 0) is 11.2 Å². The largest absolute Gasteiger partial charge is 0.490 e. The number of ether oxygens (including phenoxy) is 2. The topological polar surface area (TPSA) is 125 Å². The second-order valence-corrected chi connectivity index (χ2v) is 9.09. The lowest BCUT2D eigenvalue weighted by Crippen LogP contribution is -2.60. The van der Waals surface area contributed by atoms with Crippen molar-refractivity contribution in [2.24, 2.45) is 11.7 Å². The summed E-state index contributed by atoms with van der Waals surface area (Å²) in [7, 11) is 0. The molecule has 0 spiro atoms. The van der Waals surface area contributed by atoms with E-state index in [2.05, 4.69) is 11.8 Å². The Labute approximate surface area is 188 Å². The predicted molar refractivity (Wildman–Crippen MR) is 119 cm³/mol. The highest BCUT2D eigenvalue weighted by Gasteiger charge is 2.46. The van der Waals surface area contributed by atoms with Crippen molar-refractivity contribution in [2.75, 3.05) is 6.61 Å². The third-order valence-electron chi connectivity index (χ3n) is 6.76. The Hall–Kier alpha value is -2.08. The average molecular weight is 444 g/mol.